The van der Waals surface area contributed by atoms with E-state index >= 15 is 0 Å². The highest BCUT2D eigenvalue weighted by Crippen LogP contribution is 2.47. The molecule has 1 saturated heterocycles. The Bertz CT molecular complexity index is 523. The lowest BCUT2D eigenvalue weighted by molar-refractivity contribution is -0.142. The van der Waals surface area contributed by atoms with Gasteiger partial charge in [-0.2, -0.15) is 0 Å². The molecule has 2 atom stereocenters. The topological polar surface area (TPSA) is 75.2 Å². The molecule has 3 rings (SSSR count). The number of imide groups is 1. The van der Waals surface area contributed by atoms with E-state index in [4.69, 9.17) is 0 Å². The van der Waals surface area contributed by atoms with Crippen molar-refractivity contribution >= 4 is 17.6 Å². The van der Waals surface area contributed by atoms with Gasteiger partial charge in [0.1, 0.15) is 5.82 Å². The van der Waals surface area contributed by atoms with Gasteiger partial charge in [0.15, 0.2) is 5.82 Å². The third-order valence-electron chi connectivity index (χ3n) is 3.41. The Morgan fingerprint density at radius 3 is 2.61 bits per heavy atom. The predicted octanol–water partition coefficient (Wildman–Crippen LogP) is 0.332. The van der Waals surface area contributed by atoms with Gasteiger partial charge >= 0.3 is 0 Å². The summed E-state index contributed by atoms with van der Waals surface area (Å²) in [6, 6.07) is 1.81. The SMILES string of the molecule is CNc1cc(C)nc(CN2C(=O)C3CC3C2=O)n1. The van der Waals surface area contributed by atoms with Gasteiger partial charge in [-0.1, -0.05) is 0 Å². The fourth-order valence-corrected chi connectivity index (χ4v) is 2.38. The summed E-state index contributed by atoms with van der Waals surface area (Å²) in [5, 5.41) is 2.93. The van der Waals surface area contributed by atoms with E-state index in [1.165, 1.54) is 4.90 Å². The molecule has 1 saturated carbocycles. The zero-order valence-corrected chi connectivity index (χ0v) is 10.3. The lowest BCUT2D eigenvalue weighted by Gasteiger charge is -2.15. The highest BCUT2D eigenvalue weighted by molar-refractivity contribution is 6.08. The van der Waals surface area contributed by atoms with Crippen LogP contribution in [0.15, 0.2) is 6.07 Å². The summed E-state index contributed by atoms with van der Waals surface area (Å²) in [6.07, 6.45) is 0.727. The minimum atomic E-state index is -0.0684. The first-order valence-electron chi connectivity index (χ1n) is 5.97. The zero-order chi connectivity index (χ0) is 12.9. The third kappa shape index (κ3) is 1.64. The molecule has 94 valence electrons. The van der Waals surface area contributed by atoms with Crippen molar-refractivity contribution in [2.24, 2.45) is 11.8 Å². The van der Waals surface area contributed by atoms with Gasteiger partial charge in [0, 0.05) is 18.8 Å². The van der Waals surface area contributed by atoms with Crippen molar-refractivity contribution in [3.05, 3.63) is 17.6 Å². The fourth-order valence-electron chi connectivity index (χ4n) is 2.38. The monoisotopic (exact) mass is 246 g/mol. The molecule has 0 spiro atoms. The molecule has 18 heavy (non-hydrogen) atoms. The van der Waals surface area contributed by atoms with Crippen molar-refractivity contribution in [2.75, 3.05) is 12.4 Å². The van der Waals surface area contributed by atoms with Crippen molar-refractivity contribution in [1.82, 2.24) is 14.9 Å². The Hall–Kier alpha value is -1.98. The van der Waals surface area contributed by atoms with E-state index in [2.05, 4.69) is 15.3 Å². The maximum Gasteiger partial charge on any atom is 0.233 e. The highest BCUT2D eigenvalue weighted by Gasteiger charge is 2.58. The van der Waals surface area contributed by atoms with Crippen LogP contribution in [0.4, 0.5) is 5.82 Å². The molecule has 2 heterocycles. The number of amides is 2. The van der Waals surface area contributed by atoms with Gasteiger partial charge in [-0.15, -0.1) is 0 Å². The van der Waals surface area contributed by atoms with E-state index in [0.717, 1.165) is 12.1 Å². The number of nitrogens with zero attached hydrogens (tertiary/aromatic N) is 3. The molecular formula is C12H14N4O2. The molecule has 6 nitrogen and oxygen atoms in total. The number of nitrogens with one attached hydrogen (secondary N) is 1. The molecule has 2 aliphatic rings. The van der Waals surface area contributed by atoms with E-state index in [-0.39, 0.29) is 30.2 Å². The minimum absolute atomic E-state index is 0.0638. The van der Waals surface area contributed by atoms with Crippen LogP contribution in [0.25, 0.3) is 0 Å². The summed E-state index contributed by atoms with van der Waals surface area (Å²) in [7, 11) is 1.77. The number of carbonyl (C=O) groups excluding carboxylic acids is 2. The van der Waals surface area contributed by atoms with Gasteiger partial charge in [-0.25, -0.2) is 9.97 Å². The van der Waals surface area contributed by atoms with E-state index in [1.54, 1.807) is 7.05 Å². The van der Waals surface area contributed by atoms with Crippen LogP contribution in [0, 0.1) is 18.8 Å². The number of hydrogen-bond acceptors (Lipinski definition) is 5. The maximum absolute atomic E-state index is 11.8. The Morgan fingerprint density at radius 1 is 1.33 bits per heavy atom. The summed E-state index contributed by atoms with van der Waals surface area (Å²) < 4.78 is 0. The van der Waals surface area contributed by atoms with Crippen molar-refractivity contribution in [3.63, 3.8) is 0 Å². The standard InChI is InChI=1S/C12H14N4O2/c1-6-3-9(13-2)15-10(14-6)5-16-11(17)7-4-8(7)12(16)18/h3,7-8H,4-5H2,1-2H3,(H,13,14,15). The van der Waals surface area contributed by atoms with Crippen molar-refractivity contribution in [1.29, 1.82) is 0 Å². The summed E-state index contributed by atoms with van der Waals surface area (Å²) in [5.41, 5.74) is 0.814. The Morgan fingerprint density at radius 2 is 2.00 bits per heavy atom. The van der Waals surface area contributed by atoms with Gasteiger partial charge in [-0.05, 0) is 13.3 Å². The molecule has 0 bridgehead atoms. The number of hydrogen-bond donors (Lipinski definition) is 1. The molecule has 6 heteroatoms. The summed E-state index contributed by atoms with van der Waals surface area (Å²) >= 11 is 0. The van der Waals surface area contributed by atoms with E-state index in [9.17, 15) is 9.59 Å². The molecule has 1 aliphatic heterocycles. The van der Waals surface area contributed by atoms with Crippen LogP contribution in [0.5, 0.6) is 0 Å². The molecule has 2 unspecified atom stereocenters. The first kappa shape index (κ1) is 11.1. The van der Waals surface area contributed by atoms with Crippen molar-refractivity contribution < 1.29 is 9.59 Å². The Balaban J connectivity index is 1.82. The quantitative estimate of drug-likeness (QED) is 0.778. The van der Waals surface area contributed by atoms with Crippen LogP contribution in [0.3, 0.4) is 0 Å². The number of aryl methyl sites for hydroxylation is 1. The van der Waals surface area contributed by atoms with Gasteiger partial charge in [-0.3, -0.25) is 14.5 Å². The van der Waals surface area contributed by atoms with Crippen LogP contribution < -0.4 is 5.32 Å². The van der Waals surface area contributed by atoms with Crippen LogP contribution in [-0.4, -0.2) is 33.7 Å². The van der Waals surface area contributed by atoms with Crippen molar-refractivity contribution in [3.8, 4) is 0 Å². The first-order chi connectivity index (χ1) is 8.60. The van der Waals surface area contributed by atoms with Crippen LogP contribution in [0.2, 0.25) is 0 Å². The van der Waals surface area contributed by atoms with Gasteiger partial charge < -0.3 is 5.32 Å². The molecular weight excluding hydrogens is 232 g/mol. The number of piperidine rings is 1. The number of rotatable bonds is 3. The second-order valence-corrected chi connectivity index (χ2v) is 4.77. The molecule has 1 aromatic heterocycles. The molecule has 0 aromatic carbocycles. The highest BCUT2D eigenvalue weighted by atomic mass is 16.2. The fraction of sp³-hybridized carbons (Fsp3) is 0.500. The Kier molecular flexibility index (Phi) is 2.33. The number of carbonyl (C=O) groups is 2. The normalized spacial score (nSPS) is 25.3. The first-order valence-corrected chi connectivity index (χ1v) is 5.97. The van der Waals surface area contributed by atoms with Gasteiger partial charge in [0.2, 0.25) is 11.8 Å². The largest absolute Gasteiger partial charge is 0.373 e. The summed E-state index contributed by atoms with van der Waals surface area (Å²) in [4.78, 5) is 33.5. The average molecular weight is 246 g/mol. The van der Waals surface area contributed by atoms with Crippen LogP contribution in [0.1, 0.15) is 17.9 Å². The molecule has 1 aromatic rings. The summed E-state index contributed by atoms with van der Waals surface area (Å²) in [6.45, 7) is 2.04. The maximum atomic E-state index is 11.8. The summed E-state index contributed by atoms with van der Waals surface area (Å²) in [5.74, 6) is 0.934. The van der Waals surface area contributed by atoms with E-state index in [0.29, 0.717) is 11.6 Å². The second-order valence-electron chi connectivity index (χ2n) is 4.77. The predicted molar refractivity (Wildman–Crippen MR) is 63.5 cm³/mol. The molecule has 2 amide bonds. The molecule has 1 N–H and O–H groups in total. The second kappa shape index (κ2) is 3.76. The zero-order valence-electron chi connectivity index (χ0n) is 10.3. The van der Waals surface area contributed by atoms with E-state index in [1.807, 2.05) is 13.0 Å². The minimum Gasteiger partial charge on any atom is -0.373 e. The molecule has 0 radical (unpaired) electrons. The van der Waals surface area contributed by atoms with Crippen LogP contribution >= 0.6 is 0 Å². The Labute approximate surface area is 104 Å². The van der Waals surface area contributed by atoms with Gasteiger partial charge in [0.05, 0.1) is 18.4 Å². The van der Waals surface area contributed by atoms with Crippen LogP contribution in [-0.2, 0) is 16.1 Å². The number of aromatic nitrogens is 2. The third-order valence-corrected chi connectivity index (χ3v) is 3.41. The van der Waals surface area contributed by atoms with Crippen molar-refractivity contribution in [2.45, 2.75) is 19.9 Å². The number of fused-ring (bicyclic) bond motifs is 1. The number of anilines is 1. The molecule has 1 aliphatic carbocycles. The molecule has 2 fully saturated rings. The van der Waals surface area contributed by atoms with Gasteiger partial charge in [0.25, 0.3) is 0 Å². The lowest BCUT2D eigenvalue weighted by atomic mass is 10.3. The smallest absolute Gasteiger partial charge is 0.233 e. The average Bonchev–Trinajstić information content (AvgIpc) is 3.09. The lowest BCUT2D eigenvalue weighted by Crippen LogP contribution is -2.33. The number of likely N-dealkylation sites (tertiary alicyclic amines) is 1. The van der Waals surface area contributed by atoms with E-state index < -0.39 is 0 Å².